The third-order valence-electron chi connectivity index (χ3n) is 2.85. The predicted octanol–water partition coefficient (Wildman–Crippen LogP) is 2.41. The van der Waals surface area contributed by atoms with Gasteiger partial charge in [0, 0.05) is 0 Å². The van der Waals surface area contributed by atoms with Gasteiger partial charge in [-0.05, 0) is 13.8 Å². The van der Waals surface area contributed by atoms with Crippen LogP contribution in [0.25, 0.3) is 0 Å². The molecule has 0 saturated carbocycles. The zero-order valence-corrected chi connectivity index (χ0v) is 9.86. The molecule has 0 rings (SSSR count). The van der Waals surface area contributed by atoms with E-state index >= 15 is 0 Å². The largest absolute Gasteiger partial charge is 0.298 e. The fourth-order valence-corrected chi connectivity index (χ4v) is 0.942. The van der Waals surface area contributed by atoms with E-state index < -0.39 is 55.5 Å². The van der Waals surface area contributed by atoms with Crippen molar-refractivity contribution in [2.24, 2.45) is 10.8 Å². The quantitative estimate of drug-likeness (QED) is 0.493. The van der Waals surface area contributed by atoms with Gasteiger partial charge in [0.15, 0.2) is 11.6 Å². The van der Waals surface area contributed by atoms with E-state index in [1.54, 1.807) is 0 Å². The average molecular weight is 256 g/mol. The number of halogens is 4. The van der Waals surface area contributed by atoms with Crippen LogP contribution in [0, 0.1) is 10.8 Å². The van der Waals surface area contributed by atoms with E-state index in [9.17, 15) is 27.2 Å². The van der Waals surface area contributed by atoms with Gasteiger partial charge in [-0.2, -0.15) is 0 Å². The molecule has 0 aliphatic rings. The van der Waals surface area contributed by atoms with Crippen LogP contribution in [-0.4, -0.2) is 38.3 Å². The summed E-state index contributed by atoms with van der Waals surface area (Å²) in [6.07, 6.45) is -0.852. The molecular weight excluding hydrogens is 240 g/mol. The maximum atomic E-state index is 12.5. The van der Waals surface area contributed by atoms with Gasteiger partial charge in [-0.1, -0.05) is 0 Å². The molecule has 100 valence electrons. The van der Waals surface area contributed by atoms with Crippen LogP contribution in [0.4, 0.5) is 17.6 Å². The Morgan fingerprint density at radius 1 is 0.765 bits per heavy atom. The molecule has 0 atom stereocenters. The monoisotopic (exact) mass is 256 g/mol. The molecule has 0 aliphatic carbocycles. The molecule has 0 aliphatic heterocycles. The topological polar surface area (TPSA) is 34.1 Å². The van der Waals surface area contributed by atoms with E-state index in [-0.39, 0.29) is 0 Å². The zero-order chi connectivity index (χ0) is 13.7. The second-order valence-electron chi connectivity index (χ2n) is 4.68. The first-order valence-corrected chi connectivity index (χ1v) is 5.10. The van der Waals surface area contributed by atoms with E-state index in [0.29, 0.717) is 0 Å². The Balaban J connectivity index is 4.76. The maximum absolute atomic E-state index is 12.5. The van der Waals surface area contributed by atoms with Gasteiger partial charge in [-0.15, -0.1) is 0 Å². The second kappa shape index (κ2) is 6.12. The first-order chi connectivity index (χ1) is 7.79. The van der Waals surface area contributed by atoms with Crippen molar-refractivity contribution in [2.45, 2.75) is 20.3 Å². The van der Waals surface area contributed by atoms with Crippen LogP contribution < -0.4 is 0 Å². The van der Waals surface area contributed by atoms with Crippen molar-refractivity contribution in [1.29, 1.82) is 0 Å². The number of hydrogen-bond acceptors (Lipinski definition) is 2. The van der Waals surface area contributed by atoms with E-state index in [0.717, 1.165) is 13.8 Å². The summed E-state index contributed by atoms with van der Waals surface area (Å²) in [5.41, 5.74) is -3.80. The first kappa shape index (κ1) is 16.1. The molecule has 17 heavy (non-hydrogen) atoms. The lowest BCUT2D eigenvalue weighted by Crippen LogP contribution is -2.39. The summed E-state index contributed by atoms with van der Waals surface area (Å²) in [6.45, 7) is -2.94. The lowest BCUT2D eigenvalue weighted by atomic mass is 9.80. The zero-order valence-electron chi connectivity index (χ0n) is 9.86. The minimum absolute atomic E-state index is 0.852. The maximum Gasteiger partial charge on any atom is 0.151 e. The number of rotatable bonds is 8. The number of carbonyl (C=O) groups excluding carboxylic acids is 2. The number of ketones is 2. The van der Waals surface area contributed by atoms with Crippen molar-refractivity contribution in [1.82, 2.24) is 0 Å². The SMILES string of the molecule is CC(CF)(CF)C(=O)CC(=O)C(C)(CF)CF. The van der Waals surface area contributed by atoms with Crippen LogP contribution in [0.5, 0.6) is 0 Å². The Bertz CT molecular complexity index is 255. The molecule has 0 aromatic carbocycles. The molecule has 0 bridgehead atoms. The summed E-state index contributed by atoms with van der Waals surface area (Å²) in [4.78, 5) is 22.9. The van der Waals surface area contributed by atoms with Crippen LogP contribution in [0.15, 0.2) is 0 Å². The van der Waals surface area contributed by atoms with Crippen molar-refractivity contribution in [3.05, 3.63) is 0 Å². The number of carbonyl (C=O) groups is 2. The predicted molar refractivity (Wildman–Crippen MR) is 54.7 cm³/mol. The van der Waals surface area contributed by atoms with Gasteiger partial charge in [0.1, 0.15) is 26.7 Å². The molecule has 2 nitrogen and oxygen atoms in total. The summed E-state index contributed by atoms with van der Waals surface area (Å²) >= 11 is 0. The molecule has 0 spiro atoms. The average Bonchev–Trinajstić information content (AvgIpc) is 2.36. The van der Waals surface area contributed by atoms with Crippen LogP contribution >= 0.6 is 0 Å². The molecule has 0 aromatic rings. The molecule has 0 unspecified atom stereocenters. The third kappa shape index (κ3) is 3.51. The van der Waals surface area contributed by atoms with Gasteiger partial charge in [0.05, 0.1) is 17.3 Å². The highest BCUT2D eigenvalue weighted by Gasteiger charge is 2.40. The molecule has 6 heteroatoms. The highest BCUT2D eigenvalue weighted by atomic mass is 19.1. The highest BCUT2D eigenvalue weighted by Crippen LogP contribution is 2.26. The lowest BCUT2D eigenvalue weighted by Gasteiger charge is -2.24. The van der Waals surface area contributed by atoms with Crippen LogP contribution in [0.2, 0.25) is 0 Å². The van der Waals surface area contributed by atoms with Gasteiger partial charge < -0.3 is 0 Å². The molecular formula is C11H16F4O2. The summed E-state index contributed by atoms with van der Waals surface area (Å²) in [5.74, 6) is -1.94. The molecule has 0 radical (unpaired) electrons. The molecule has 0 fully saturated rings. The van der Waals surface area contributed by atoms with Gasteiger partial charge in [-0.25, -0.2) is 17.6 Å². The van der Waals surface area contributed by atoms with Crippen molar-refractivity contribution >= 4 is 11.6 Å². The molecule has 0 heterocycles. The van der Waals surface area contributed by atoms with E-state index in [4.69, 9.17) is 0 Å². The highest BCUT2D eigenvalue weighted by molar-refractivity contribution is 6.04. The number of Topliss-reactive ketones (excluding diaryl/α,β-unsaturated/α-hetero) is 2. The van der Waals surface area contributed by atoms with Gasteiger partial charge in [-0.3, -0.25) is 9.59 Å². The van der Waals surface area contributed by atoms with Gasteiger partial charge in [0.25, 0.3) is 0 Å². The minimum atomic E-state index is -1.90. The van der Waals surface area contributed by atoms with Crippen LogP contribution in [-0.2, 0) is 9.59 Å². The Morgan fingerprint density at radius 2 is 1.00 bits per heavy atom. The minimum Gasteiger partial charge on any atom is -0.298 e. The Kier molecular flexibility index (Phi) is 5.78. The molecule has 0 N–H and O–H groups in total. The van der Waals surface area contributed by atoms with E-state index in [1.165, 1.54) is 0 Å². The second-order valence-corrected chi connectivity index (χ2v) is 4.68. The van der Waals surface area contributed by atoms with Gasteiger partial charge >= 0.3 is 0 Å². The van der Waals surface area contributed by atoms with E-state index in [1.807, 2.05) is 0 Å². The molecule has 0 amide bonds. The van der Waals surface area contributed by atoms with Crippen LogP contribution in [0.1, 0.15) is 20.3 Å². The van der Waals surface area contributed by atoms with Crippen molar-refractivity contribution < 1.29 is 27.2 Å². The normalized spacial score (nSPS) is 12.6. The third-order valence-corrected chi connectivity index (χ3v) is 2.85. The lowest BCUT2D eigenvalue weighted by molar-refractivity contribution is -0.138. The fourth-order valence-electron chi connectivity index (χ4n) is 0.942. The Morgan fingerprint density at radius 3 is 1.18 bits per heavy atom. The van der Waals surface area contributed by atoms with Gasteiger partial charge in [0.2, 0.25) is 0 Å². The smallest absolute Gasteiger partial charge is 0.151 e. The summed E-state index contributed by atoms with van der Waals surface area (Å²) < 4.78 is 49.9. The Hall–Kier alpha value is -0.940. The van der Waals surface area contributed by atoms with Crippen molar-refractivity contribution in [3.8, 4) is 0 Å². The van der Waals surface area contributed by atoms with Crippen molar-refractivity contribution in [2.75, 3.05) is 26.7 Å². The molecule has 0 saturated heterocycles. The number of alkyl halides is 4. The Labute approximate surface area is 97.4 Å². The number of hydrogen-bond donors (Lipinski definition) is 0. The van der Waals surface area contributed by atoms with Crippen molar-refractivity contribution in [3.63, 3.8) is 0 Å². The van der Waals surface area contributed by atoms with Crippen LogP contribution in [0.3, 0.4) is 0 Å². The summed E-state index contributed by atoms with van der Waals surface area (Å²) in [6, 6.07) is 0. The van der Waals surface area contributed by atoms with E-state index in [2.05, 4.69) is 0 Å². The fraction of sp³-hybridized carbons (Fsp3) is 0.818. The summed E-state index contributed by atoms with van der Waals surface area (Å²) in [7, 11) is 0. The first-order valence-electron chi connectivity index (χ1n) is 5.10. The molecule has 0 aromatic heterocycles. The summed E-state index contributed by atoms with van der Waals surface area (Å²) in [5, 5.41) is 0. The standard InChI is InChI=1S/C11H16F4O2/c1-10(4-12,5-13)8(16)3-9(17)11(2,6-14)7-15/h3-7H2,1-2H3.